The molecule has 5 aromatic rings. The van der Waals surface area contributed by atoms with E-state index in [1.807, 2.05) is 30.3 Å². The van der Waals surface area contributed by atoms with Crippen LogP contribution in [0.25, 0.3) is 11.1 Å². The molecule has 53 heavy (non-hydrogen) atoms. The molecule has 270 valence electrons. The minimum atomic E-state index is -0.655. The number of carbonyl (C=O) groups excluding carboxylic acids is 3. The summed E-state index contributed by atoms with van der Waals surface area (Å²) in [5.41, 5.74) is 4.66. The van der Waals surface area contributed by atoms with Gasteiger partial charge in [-0.15, -0.1) is 0 Å². The zero-order valence-electron chi connectivity index (χ0n) is 29.0. The number of hydrogen-bond acceptors (Lipinski definition) is 8. The van der Waals surface area contributed by atoms with Gasteiger partial charge in [-0.2, -0.15) is 0 Å². The van der Waals surface area contributed by atoms with Gasteiger partial charge in [0, 0.05) is 73.4 Å². The van der Waals surface area contributed by atoms with E-state index in [-0.39, 0.29) is 43.2 Å². The number of aromatic nitrogens is 1. The molecule has 2 aliphatic rings. The number of halogens is 1. The fourth-order valence-corrected chi connectivity index (χ4v) is 6.46. The van der Waals surface area contributed by atoms with Gasteiger partial charge < -0.3 is 35.1 Å². The lowest BCUT2D eigenvalue weighted by atomic mass is 9.98. The Hall–Kier alpha value is -6.43. The lowest BCUT2D eigenvalue weighted by molar-refractivity contribution is -0.123. The molecule has 0 aliphatic carbocycles. The summed E-state index contributed by atoms with van der Waals surface area (Å²) in [6.45, 7) is 0.901. The summed E-state index contributed by atoms with van der Waals surface area (Å²) < 4.78 is 32.6. The third-order valence-corrected chi connectivity index (χ3v) is 9.22. The molecule has 12 heteroatoms. The number of anilines is 1. The van der Waals surface area contributed by atoms with Gasteiger partial charge in [-0.25, -0.2) is 4.39 Å². The van der Waals surface area contributed by atoms with Crippen molar-refractivity contribution in [2.45, 2.75) is 31.7 Å². The summed E-state index contributed by atoms with van der Waals surface area (Å²) in [5.74, 6) is -0.272. The Kier molecular flexibility index (Phi) is 10.5. The fraction of sp³-hybridized carbons (Fsp3) is 0.220. The topological polar surface area (TPSA) is 131 Å². The van der Waals surface area contributed by atoms with E-state index in [0.717, 1.165) is 11.3 Å². The highest BCUT2D eigenvalue weighted by Crippen LogP contribution is 2.33. The first kappa shape index (κ1) is 35.0. The van der Waals surface area contributed by atoms with E-state index in [1.54, 1.807) is 79.0 Å². The number of rotatable bonds is 5. The molecule has 0 saturated carbocycles. The Labute approximate surface area is 306 Å². The number of benzene rings is 4. The summed E-state index contributed by atoms with van der Waals surface area (Å²) >= 11 is 0. The second-order valence-electron chi connectivity index (χ2n) is 12.9. The van der Waals surface area contributed by atoms with Crippen LogP contribution in [0.4, 0.5) is 10.1 Å². The summed E-state index contributed by atoms with van der Waals surface area (Å²) in [5, 5.41) is 9.22. The monoisotopic (exact) mass is 715 g/mol. The third kappa shape index (κ3) is 8.55. The molecule has 0 spiro atoms. The van der Waals surface area contributed by atoms with Gasteiger partial charge >= 0.3 is 0 Å². The molecule has 7 rings (SSSR count). The first-order chi connectivity index (χ1) is 25.8. The van der Waals surface area contributed by atoms with Crippen LogP contribution in [0.15, 0.2) is 109 Å². The number of methoxy groups -OCH3 is 1. The Morgan fingerprint density at radius 3 is 2.60 bits per heavy atom. The Bertz CT molecular complexity index is 2110. The molecular weight excluding hydrogens is 677 g/mol. The minimum Gasteiger partial charge on any atom is -0.496 e. The van der Waals surface area contributed by atoms with Gasteiger partial charge in [-0.3, -0.25) is 19.4 Å². The number of carbonyl (C=O) groups is 3. The van der Waals surface area contributed by atoms with Gasteiger partial charge in [0.15, 0.2) is 6.61 Å². The van der Waals surface area contributed by atoms with Crippen LogP contribution < -0.4 is 30.2 Å². The van der Waals surface area contributed by atoms with Crippen LogP contribution in [0.5, 0.6) is 17.2 Å². The first-order valence-electron chi connectivity index (χ1n) is 17.3. The zero-order chi connectivity index (χ0) is 36.7. The minimum absolute atomic E-state index is 0.0462. The summed E-state index contributed by atoms with van der Waals surface area (Å²) in [4.78, 5) is 46.2. The predicted molar refractivity (Wildman–Crippen MR) is 196 cm³/mol. The van der Waals surface area contributed by atoms with Crippen molar-refractivity contribution >= 4 is 23.4 Å². The summed E-state index contributed by atoms with van der Waals surface area (Å²) in [6, 6.07) is 26.9. The van der Waals surface area contributed by atoms with Crippen molar-refractivity contribution in [1.82, 2.24) is 20.5 Å². The van der Waals surface area contributed by atoms with Crippen molar-refractivity contribution in [3.8, 4) is 28.4 Å². The average molecular weight is 716 g/mol. The standard InChI is InChI=1S/C41H38FN5O6/c1-51-37-10-7-30-20-35(37)29-3-2-4-33(19-29)52-25-39(48)45-23-27-17-31(42)21-34(18-27)53-38-13-16-47(24-36(38)46-40(30)49)41(50)28-5-8-32(9-6-28)44-22-26-11-14-43-15-12-26/h2-12,14-15,17-21,36,38,44H,13,16,22-25H2,1H3,(H,45,48)(H,46,49)/t36-,38-/m1/s1. The molecule has 3 N–H and O–H groups in total. The first-order valence-corrected chi connectivity index (χ1v) is 17.3. The Morgan fingerprint density at radius 1 is 0.962 bits per heavy atom. The third-order valence-electron chi connectivity index (χ3n) is 9.22. The van der Waals surface area contributed by atoms with Crippen LogP contribution in [0, 0.1) is 5.82 Å². The van der Waals surface area contributed by atoms with Crippen molar-refractivity contribution in [3.63, 3.8) is 0 Å². The molecule has 1 saturated heterocycles. The van der Waals surface area contributed by atoms with Crippen molar-refractivity contribution < 1.29 is 33.0 Å². The van der Waals surface area contributed by atoms with Gasteiger partial charge in [0.2, 0.25) is 0 Å². The van der Waals surface area contributed by atoms with E-state index >= 15 is 0 Å². The number of likely N-dealkylation sites (tertiary alicyclic amines) is 1. The maximum Gasteiger partial charge on any atom is 0.258 e. The van der Waals surface area contributed by atoms with E-state index in [2.05, 4.69) is 20.9 Å². The summed E-state index contributed by atoms with van der Waals surface area (Å²) in [7, 11) is 1.55. The van der Waals surface area contributed by atoms with Gasteiger partial charge in [0.1, 0.15) is 29.2 Å². The highest BCUT2D eigenvalue weighted by atomic mass is 19.1. The van der Waals surface area contributed by atoms with Gasteiger partial charge in [0.25, 0.3) is 17.7 Å². The molecule has 1 aromatic heterocycles. The smallest absolute Gasteiger partial charge is 0.258 e. The molecule has 6 bridgehead atoms. The van der Waals surface area contributed by atoms with E-state index in [0.29, 0.717) is 58.8 Å². The second-order valence-corrected chi connectivity index (χ2v) is 12.9. The van der Waals surface area contributed by atoms with E-state index in [1.165, 1.54) is 12.1 Å². The molecule has 3 amide bonds. The van der Waals surface area contributed by atoms with Crippen LogP contribution >= 0.6 is 0 Å². The van der Waals surface area contributed by atoms with Gasteiger partial charge in [0.05, 0.1) is 13.2 Å². The van der Waals surface area contributed by atoms with Gasteiger partial charge in [-0.05, 0) is 95.6 Å². The SMILES string of the molecule is COc1ccc2cc1-c1cccc(c1)OCC(=O)NCc1cc(F)cc(c1)O[C@@H]1CCN(C(=O)c3ccc(NCc4ccncc4)cc3)C[C@H]1NC2=O. The van der Waals surface area contributed by atoms with Crippen LogP contribution in [-0.4, -0.2) is 66.6 Å². The lowest BCUT2D eigenvalue weighted by Gasteiger charge is -2.39. The number of hydrogen-bond donors (Lipinski definition) is 3. The highest BCUT2D eigenvalue weighted by molar-refractivity contribution is 5.97. The maximum absolute atomic E-state index is 14.8. The molecule has 1 fully saturated rings. The molecule has 0 unspecified atom stereocenters. The van der Waals surface area contributed by atoms with Crippen LogP contribution in [0.2, 0.25) is 0 Å². The Morgan fingerprint density at radius 2 is 1.79 bits per heavy atom. The molecule has 0 radical (unpaired) electrons. The van der Waals surface area contributed by atoms with Crippen molar-refractivity contribution in [1.29, 1.82) is 0 Å². The fourth-order valence-electron chi connectivity index (χ4n) is 6.46. The molecular formula is C41H38FN5O6. The number of piperidine rings is 1. The number of pyridine rings is 1. The molecule has 11 nitrogen and oxygen atoms in total. The largest absolute Gasteiger partial charge is 0.496 e. The van der Waals surface area contributed by atoms with Crippen molar-refractivity contribution in [3.05, 3.63) is 138 Å². The number of ether oxygens (including phenoxy) is 3. The Balaban J connectivity index is 1.16. The molecule has 2 atom stereocenters. The van der Waals surface area contributed by atoms with Gasteiger partial charge in [-0.1, -0.05) is 12.1 Å². The normalized spacial score (nSPS) is 17.3. The van der Waals surface area contributed by atoms with Crippen molar-refractivity contribution in [2.75, 3.05) is 32.1 Å². The predicted octanol–water partition coefficient (Wildman–Crippen LogP) is 5.61. The van der Waals surface area contributed by atoms with E-state index in [4.69, 9.17) is 14.2 Å². The summed E-state index contributed by atoms with van der Waals surface area (Å²) in [6.07, 6.45) is 3.24. The number of nitrogens with zero attached hydrogens (tertiary/aromatic N) is 2. The van der Waals surface area contributed by atoms with Crippen LogP contribution in [0.1, 0.15) is 38.3 Å². The van der Waals surface area contributed by atoms with Crippen LogP contribution in [0.3, 0.4) is 0 Å². The molecule has 2 aliphatic heterocycles. The maximum atomic E-state index is 14.8. The van der Waals surface area contributed by atoms with E-state index in [9.17, 15) is 18.8 Å². The van der Waals surface area contributed by atoms with Crippen LogP contribution in [-0.2, 0) is 17.9 Å². The average Bonchev–Trinajstić information content (AvgIpc) is 3.18. The van der Waals surface area contributed by atoms with Crippen molar-refractivity contribution in [2.24, 2.45) is 0 Å². The number of amides is 3. The van der Waals surface area contributed by atoms with E-state index < -0.39 is 18.0 Å². The number of fused-ring (bicyclic) bond motifs is 8. The molecule has 4 aromatic carbocycles. The zero-order valence-corrected chi connectivity index (χ0v) is 29.0. The quantitative estimate of drug-likeness (QED) is 0.214. The second kappa shape index (κ2) is 15.9. The highest BCUT2D eigenvalue weighted by Gasteiger charge is 2.35. The molecule has 3 heterocycles. The number of nitrogens with one attached hydrogen (secondary N) is 3. The lowest BCUT2D eigenvalue weighted by Crippen LogP contribution is -2.58.